The molecule has 1 amide bonds. The molecule has 0 bridgehead atoms. The number of aliphatic hydroxyl groups is 1. The van der Waals surface area contributed by atoms with E-state index in [1.54, 1.807) is 0 Å². The smallest absolute Gasteiger partial charge is 0.254 e. The van der Waals surface area contributed by atoms with Crippen LogP contribution in [0, 0.1) is 12.3 Å². The van der Waals surface area contributed by atoms with Crippen LogP contribution in [-0.2, 0) is 4.79 Å². The summed E-state index contributed by atoms with van der Waals surface area (Å²) >= 11 is 0. The number of carbonyl (C=O) groups is 1. The van der Waals surface area contributed by atoms with Crippen LogP contribution in [0.3, 0.4) is 0 Å². The van der Waals surface area contributed by atoms with Gasteiger partial charge in [0.2, 0.25) is 0 Å². The second kappa shape index (κ2) is 6.24. The molecule has 0 radical (unpaired) electrons. The number of benzene rings is 1. The molecule has 1 aromatic carbocycles. The Kier molecular flexibility index (Phi) is 4.27. The van der Waals surface area contributed by atoms with E-state index in [2.05, 4.69) is 54.8 Å². The molecule has 3 fully saturated rings. The van der Waals surface area contributed by atoms with Gasteiger partial charge in [0.25, 0.3) is 5.91 Å². The average Bonchev–Trinajstić information content (AvgIpc) is 2.54. The van der Waals surface area contributed by atoms with Gasteiger partial charge >= 0.3 is 0 Å². The Morgan fingerprint density at radius 3 is 2.15 bits per heavy atom. The van der Waals surface area contributed by atoms with Crippen LogP contribution in [0.15, 0.2) is 24.3 Å². The van der Waals surface area contributed by atoms with Gasteiger partial charge in [0.15, 0.2) is 0 Å². The number of aryl methyl sites for hydroxylation is 1. The minimum Gasteiger partial charge on any atom is -0.380 e. The molecule has 0 aromatic heterocycles. The normalized spacial score (nSPS) is 24.5. The Morgan fingerprint density at radius 1 is 1.04 bits per heavy atom. The third kappa shape index (κ3) is 3.01. The van der Waals surface area contributed by atoms with Crippen molar-refractivity contribution in [1.29, 1.82) is 0 Å². The number of carbonyl (C=O) groups excluding carboxylic acids is 1. The maximum Gasteiger partial charge on any atom is 0.254 e. The first kappa shape index (κ1) is 17.8. The predicted octanol–water partition coefficient (Wildman–Crippen LogP) is 1.88. The van der Waals surface area contributed by atoms with Crippen LogP contribution < -0.4 is 4.90 Å². The van der Waals surface area contributed by atoms with Crippen molar-refractivity contribution in [2.24, 2.45) is 5.41 Å². The Balaban J connectivity index is 1.29. The molecule has 0 aliphatic carbocycles. The molecule has 26 heavy (non-hydrogen) atoms. The molecule has 0 atom stereocenters. The lowest BCUT2D eigenvalue weighted by Gasteiger charge is -2.61. The molecule has 142 valence electrons. The summed E-state index contributed by atoms with van der Waals surface area (Å²) in [4.78, 5) is 19.4. The van der Waals surface area contributed by atoms with Crippen LogP contribution in [0.5, 0.6) is 0 Å². The summed E-state index contributed by atoms with van der Waals surface area (Å²) in [5, 5.41) is 10.9. The fraction of sp³-hybridized carbons (Fsp3) is 0.667. The van der Waals surface area contributed by atoms with Crippen LogP contribution >= 0.6 is 0 Å². The largest absolute Gasteiger partial charge is 0.380 e. The fourth-order valence-corrected chi connectivity index (χ4v) is 4.73. The van der Waals surface area contributed by atoms with Gasteiger partial charge in [0.05, 0.1) is 0 Å². The highest BCUT2D eigenvalue weighted by molar-refractivity contribution is 5.86. The maximum absolute atomic E-state index is 12.8. The molecular formula is C21H31N3O2. The summed E-state index contributed by atoms with van der Waals surface area (Å²) in [5.41, 5.74) is 1.65. The highest BCUT2D eigenvalue weighted by Crippen LogP contribution is 2.43. The van der Waals surface area contributed by atoms with E-state index in [1.165, 1.54) is 11.3 Å². The van der Waals surface area contributed by atoms with Crippen molar-refractivity contribution < 1.29 is 9.90 Å². The van der Waals surface area contributed by atoms with Crippen LogP contribution in [0.4, 0.5) is 5.69 Å². The third-order valence-electron chi connectivity index (χ3n) is 6.55. The first-order valence-corrected chi connectivity index (χ1v) is 9.88. The van der Waals surface area contributed by atoms with Crippen molar-refractivity contribution in [2.45, 2.75) is 45.3 Å². The van der Waals surface area contributed by atoms with Gasteiger partial charge in [-0.15, -0.1) is 0 Å². The SMILES string of the molecule is Cc1ccc(N2CC3(CN(C(=O)C4(O)CCN(C(C)C)CC4)C3)C2)cc1. The van der Waals surface area contributed by atoms with Crippen LogP contribution in [0.25, 0.3) is 0 Å². The lowest BCUT2D eigenvalue weighted by atomic mass is 9.71. The van der Waals surface area contributed by atoms with Gasteiger partial charge in [-0.3, -0.25) is 4.79 Å². The standard InChI is InChI=1S/C21H31N3O2/c1-16(2)22-10-8-21(26,9-11-22)19(25)24-14-20(15-24)12-23(13-20)18-6-4-17(3)5-7-18/h4-7,16,26H,8-15H2,1-3H3. The van der Waals surface area contributed by atoms with E-state index in [0.717, 1.165) is 39.3 Å². The molecule has 1 N–H and O–H groups in total. The monoisotopic (exact) mass is 357 g/mol. The summed E-state index contributed by atoms with van der Waals surface area (Å²) in [7, 11) is 0. The summed E-state index contributed by atoms with van der Waals surface area (Å²) < 4.78 is 0. The molecule has 4 rings (SSSR count). The first-order valence-electron chi connectivity index (χ1n) is 9.88. The van der Waals surface area contributed by atoms with Crippen LogP contribution in [0.2, 0.25) is 0 Å². The Labute approximate surface area is 156 Å². The van der Waals surface area contributed by atoms with Crippen molar-refractivity contribution in [2.75, 3.05) is 44.2 Å². The molecule has 5 nitrogen and oxygen atoms in total. The van der Waals surface area contributed by atoms with Gasteiger partial charge in [-0.2, -0.15) is 0 Å². The first-order chi connectivity index (χ1) is 12.3. The number of likely N-dealkylation sites (tertiary alicyclic amines) is 2. The summed E-state index contributed by atoms with van der Waals surface area (Å²) in [6.07, 6.45) is 1.12. The van der Waals surface area contributed by atoms with Crippen molar-refractivity contribution >= 4 is 11.6 Å². The summed E-state index contributed by atoms with van der Waals surface area (Å²) in [5.74, 6) is -0.0414. The topological polar surface area (TPSA) is 47.0 Å². The van der Waals surface area contributed by atoms with Gasteiger partial charge in [0.1, 0.15) is 5.60 Å². The molecule has 0 saturated carbocycles. The average molecular weight is 357 g/mol. The van der Waals surface area contributed by atoms with E-state index in [-0.39, 0.29) is 11.3 Å². The van der Waals surface area contributed by atoms with E-state index >= 15 is 0 Å². The Bertz CT molecular complexity index is 663. The van der Waals surface area contributed by atoms with E-state index in [1.807, 2.05) is 4.90 Å². The zero-order valence-corrected chi connectivity index (χ0v) is 16.2. The number of nitrogens with zero attached hydrogens (tertiary/aromatic N) is 3. The van der Waals surface area contributed by atoms with Gasteiger partial charge in [0, 0.05) is 56.4 Å². The number of anilines is 1. The summed E-state index contributed by atoms with van der Waals surface area (Å²) in [6, 6.07) is 9.13. The van der Waals surface area contributed by atoms with Gasteiger partial charge in [-0.25, -0.2) is 0 Å². The number of piperidine rings is 1. The lowest BCUT2D eigenvalue weighted by molar-refractivity contribution is -0.170. The number of hydrogen-bond acceptors (Lipinski definition) is 4. The van der Waals surface area contributed by atoms with E-state index in [9.17, 15) is 9.90 Å². The Hall–Kier alpha value is -1.59. The van der Waals surface area contributed by atoms with E-state index < -0.39 is 5.60 Å². The molecule has 5 heteroatoms. The van der Waals surface area contributed by atoms with Crippen molar-refractivity contribution in [3.8, 4) is 0 Å². The lowest BCUT2D eigenvalue weighted by Crippen LogP contribution is -2.75. The molecule has 3 saturated heterocycles. The molecule has 3 aliphatic rings. The van der Waals surface area contributed by atoms with Gasteiger partial charge < -0.3 is 19.8 Å². The van der Waals surface area contributed by atoms with Crippen LogP contribution in [-0.4, -0.2) is 71.7 Å². The minimum absolute atomic E-state index is 0.0414. The zero-order valence-electron chi connectivity index (χ0n) is 16.2. The Morgan fingerprint density at radius 2 is 1.62 bits per heavy atom. The van der Waals surface area contributed by atoms with Crippen molar-refractivity contribution in [3.63, 3.8) is 0 Å². The number of rotatable bonds is 3. The number of amides is 1. The maximum atomic E-state index is 12.8. The van der Waals surface area contributed by atoms with E-state index in [4.69, 9.17) is 0 Å². The van der Waals surface area contributed by atoms with Crippen molar-refractivity contribution in [3.05, 3.63) is 29.8 Å². The highest BCUT2D eigenvalue weighted by atomic mass is 16.3. The van der Waals surface area contributed by atoms with Crippen LogP contribution in [0.1, 0.15) is 32.3 Å². The molecule has 3 heterocycles. The molecule has 3 aliphatic heterocycles. The zero-order chi connectivity index (χ0) is 18.5. The highest BCUT2D eigenvalue weighted by Gasteiger charge is 2.56. The van der Waals surface area contributed by atoms with E-state index in [0.29, 0.717) is 18.9 Å². The summed E-state index contributed by atoms with van der Waals surface area (Å²) in [6.45, 7) is 11.7. The number of hydrogen-bond donors (Lipinski definition) is 1. The second-order valence-electron chi connectivity index (χ2n) is 9.01. The van der Waals surface area contributed by atoms with Gasteiger partial charge in [-0.05, 0) is 45.7 Å². The van der Waals surface area contributed by atoms with Crippen molar-refractivity contribution in [1.82, 2.24) is 9.80 Å². The molecule has 1 aromatic rings. The molecular weight excluding hydrogens is 326 g/mol. The fourth-order valence-electron chi connectivity index (χ4n) is 4.73. The quantitative estimate of drug-likeness (QED) is 0.897. The third-order valence-corrected chi connectivity index (χ3v) is 6.55. The predicted molar refractivity (Wildman–Crippen MR) is 103 cm³/mol. The second-order valence-corrected chi connectivity index (χ2v) is 9.01. The minimum atomic E-state index is -1.15. The molecule has 0 unspecified atom stereocenters. The molecule has 1 spiro atoms. The van der Waals surface area contributed by atoms with Gasteiger partial charge in [-0.1, -0.05) is 17.7 Å².